The number of nitrogens with one attached hydrogen (secondary N) is 1. The molecule has 0 bridgehead atoms. The highest BCUT2D eigenvalue weighted by Crippen LogP contribution is 2.28. The molecule has 2 nitrogen and oxygen atoms in total. The lowest BCUT2D eigenvalue weighted by atomic mass is 9.91. The van der Waals surface area contributed by atoms with Gasteiger partial charge >= 0.3 is 0 Å². The second-order valence-corrected chi connectivity index (χ2v) is 3.94. The van der Waals surface area contributed by atoms with Crippen LogP contribution >= 0.6 is 0 Å². The summed E-state index contributed by atoms with van der Waals surface area (Å²) >= 11 is 0. The molecule has 2 unspecified atom stereocenters. The zero-order valence-electron chi connectivity index (χ0n) is 8.24. The molecule has 1 N–H and O–H groups in total. The zero-order chi connectivity index (χ0) is 9.10. The van der Waals surface area contributed by atoms with E-state index < -0.39 is 0 Å². The number of nitrogens with zero attached hydrogens (tertiary/aromatic N) is 1. The highest BCUT2D eigenvalue weighted by molar-refractivity contribution is 4.95. The highest BCUT2D eigenvalue weighted by Gasteiger charge is 2.20. The molecule has 0 aromatic carbocycles. The minimum absolute atomic E-state index is 0.723. The monoisotopic (exact) mass is 178 g/mol. The van der Waals surface area contributed by atoms with Crippen molar-refractivity contribution in [2.45, 2.75) is 37.8 Å². The second-order valence-electron chi connectivity index (χ2n) is 3.94. The predicted molar refractivity (Wildman–Crippen MR) is 54.8 cm³/mol. The van der Waals surface area contributed by atoms with Crippen LogP contribution in [-0.2, 0) is 0 Å². The summed E-state index contributed by atoms with van der Waals surface area (Å²) in [5.41, 5.74) is 0. The Morgan fingerprint density at radius 3 is 2.69 bits per heavy atom. The Labute approximate surface area is 79.9 Å². The third-order valence-electron chi connectivity index (χ3n) is 3.10. The van der Waals surface area contributed by atoms with Crippen LogP contribution in [0.5, 0.6) is 0 Å². The van der Waals surface area contributed by atoms with Crippen LogP contribution in [0.2, 0.25) is 0 Å². The van der Waals surface area contributed by atoms with Crippen LogP contribution in [0.3, 0.4) is 0 Å². The molecule has 0 saturated heterocycles. The van der Waals surface area contributed by atoms with Gasteiger partial charge < -0.3 is 9.88 Å². The molecule has 0 spiro atoms. The largest absolute Gasteiger partial charge is 0.351 e. The van der Waals surface area contributed by atoms with Gasteiger partial charge in [0.2, 0.25) is 0 Å². The minimum atomic E-state index is 0.723. The van der Waals surface area contributed by atoms with Crippen molar-refractivity contribution < 1.29 is 0 Å². The van der Waals surface area contributed by atoms with E-state index in [1.165, 1.54) is 25.7 Å². The molecule has 1 fully saturated rings. The molecule has 1 heterocycles. The lowest BCUT2D eigenvalue weighted by Crippen LogP contribution is -2.32. The Hall–Kier alpha value is -0.760. The lowest BCUT2D eigenvalue weighted by molar-refractivity contribution is 0.295. The summed E-state index contributed by atoms with van der Waals surface area (Å²) in [4.78, 5) is 0. The van der Waals surface area contributed by atoms with Gasteiger partial charge in [0.25, 0.3) is 0 Å². The minimum Gasteiger partial charge on any atom is -0.351 e. The van der Waals surface area contributed by atoms with Gasteiger partial charge in [0.1, 0.15) is 0 Å². The van der Waals surface area contributed by atoms with E-state index in [-0.39, 0.29) is 0 Å². The third-order valence-corrected chi connectivity index (χ3v) is 3.10. The van der Waals surface area contributed by atoms with Gasteiger partial charge in [-0.25, -0.2) is 0 Å². The SMILES string of the molecule is CNC1CCCC(n2cccc2)C1. The first-order valence-electron chi connectivity index (χ1n) is 5.20. The summed E-state index contributed by atoms with van der Waals surface area (Å²) in [5.74, 6) is 0. The maximum atomic E-state index is 3.38. The van der Waals surface area contributed by atoms with Crippen molar-refractivity contribution >= 4 is 0 Å². The molecule has 1 saturated carbocycles. The molecule has 1 aliphatic rings. The Balaban J connectivity index is 2.00. The van der Waals surface area contributed by atoms with Gasteiger partial charge in [0.05, 0.1) is 0 Å². The molecule has 2 atom stereocenters. The maximum absolute atomic E-state index is 3.38. The summed E-state index contributed by atoms with van der Waals surface area (Å²) in [5, 5.41) is 3.38. The van der Waals surface area contributed by atoms with Crippen molar-refractivity contribution in [2.24, 2.45) is 0 Å². The van der Waals surface area contributed by atoms with E-state index in [0.29, 0.717) is 0 Å². The molecular weight excluding hydrogens is 160 g/mol. The fraction of sp³-hybridized carbons (Fsp3) is 0.636. The van der Waals surface area contributed by atoms with Gasteiger partial charge in [-0.1, -0.05) is 0 Å². The van der Waals surface area contributed by atoms with Crippen LogP contribution in [0.1, 0.15) is 31.7 Å². The number of rotatable bonds is 2. The van der Waals surface area contributed by atoms with E-state index in [4.69, 9.17) is 0 Å². The van der Waals surface area contributed by atoms with Crippen LogP contribution in [0.15, 0.2) is 24.5 Å². The van der Waals surface area contributed by atoms with E-state index in [2.05, 4.69) is 41.5 Å². The summed E-state index contributed by atoms with van der Waals surface area (Å²) in [6.07, 6.45) is 9.69. The Morgan fingerprint density at radius 1 is 1.23 bits per heavy atom. The molecule has 1 aromatic rings. The van der Waals surface area contributed by atoms with Gasteiger partial charge in [-0.05, 0) is 44.9 Å². The molecule has 0 amide bonds. The summed E-state index contributed by atoms with van der Waals surface area (Å²) < 4.78 is 2.35. The van der Waals surface area contributed by atoms with E-state index in [0.717, 1.165) is 12.1 Å². The number of aromatic nitrogens is 1. The van der Waals surface area contributed by atoms with Gasteiger partial charge in [-0.3, -0.25) is 0 Å². The standard InChI is InChI=1S/C11H18N2/c1-12-10-5-4-6-11(9-10)13-7-2-3-8-13/h2-3,7-8,10-12H,4-6,9H2,1H3. The Kier molecular flexibility index (Phi) is 2.69. The smallest absolute Gasteiger partial charge is 0.0345 e. The van der Waals surface area contributed by atoms with E-state index in [1.807, 2.05) is 0 Å². The lowest BCUT2D eigenvalue weighted by Gasteiger charge is -2.29. The van der Waals surface area contributed by atoms with Crippen LogP contribution in [-0.4, -0.2) is 17.7 Å². The van der Waals surface area contributed by atoms with Gasteiger partial charge in [0, 0.05) is 24.5 Å². The van der Waals surface area contributed by atoms with Gasteiger partial charge in [0.15, 0.2) is 0 Å². The van der Waals surface area contributed by atoms with Gasteiger partial charge in [-0.2, -0.15) is 0 Å². The number of hydrogen-bond donors (Lipinski definition) is 1. The van der Waals surface area contributed by atoms with E-state index in [9.17, 15) is 0 Å². The Morgan fingerprint density at radius 2 is 2.00 bits per heavy atom. The average Bonchev–Trinajstić information content (AvgIpc) is 2.71. The molecule has 13 heavy (non-hydrogen) atoms. The van der Waals surface area contributed by atoms with Crippen LogP contribution in [0.25, 0.3) is 0 Å². The van der Waals surface area contributed by atoms with Crippen molar-refractivity contribution in [2.75, 3.05) is 7.05 Å². The van der Waals surface area contributed by atoms with Crippen molar-refractivity contribution in [3.8, 4) is 0 Å². The quantitative estimate of drug-likeness (QED) is 0.734. The first-order valence-corrected chi connectivity index (χ1v) is 5.20. The Bertz CT molecular complexity index is 241. The average molecular weight is 178 g/mol. The number of hydrogen-bond acceptors (Lipinski definition) is 1. The predicted octanol–water partition coefficient (Wildman–Crippen LogP) is 2.19. The molecule has 0 aliphatic heterocycles. The zero-order valence-corrected chi connectivity index (χ0v) is 8.24. The van der Waals surface area contributed by atoms with Crippen LogP contribution in [0.4, 0.5) is 0 Å². The van der Waals surface area contributed by atoms with Crippen molar-refractivity contribution in [1.82, 2.24) is 9.88 Å². The summed E-state index contributed by atoms with van der Waals surface area (Å²) in [6, 6.07) is 5.67. The van der Waals surface area contributed by atoms with Crippen LogP contribution < -0.4 is 5.32 Å². The normalized spacial score (nSPS) is 29.0. The molecule has 1 aromatic heterocycles. The summed E-state index contributed by atoms with van der Waals surface area (Å²) in [7, 11) is 2.07. The van der Waals surface area contributed by atoms with Crippen molar-refractivity contribution in [3.05, 3.63) is 24.5 Å². The first kappa shape index (κ1) is 8.82. The highest BCUT2D eigenvalue weighted by atomic mass is 15.0. The molecule has 2 heteroatoms. The maximum Gasteiger partial charge on any atom is 0.0345 e. The topological polar surface area (TPSA) is 17.0 Å². The van der Waals surface area contributed by atoms with Gasteiger partial charge in [-0.15, -0.1) is 0 Å². The molecule has 2 rings (SSSR count). The van der Waals surface area contributed by atoms with E-state index >= 15 is 0 Å². The second kappa shape index (κ2) is 3.97. The fourth-order valence-corrected chi connectivity index (χ4v) is 2.29. The third kappa shape index (κ3) is 1.94. The molecule has 1 aliphatic carbocycles. The van der Waals surface area contributed by atoms with Crippen LogP contribution in [0, 0.1) is 0 Å². The van der Waals surface area contributed by atoms with Crippen molar-refractivity contribution in [3.63, 3.8) is 0 Å². The first-order chi connectivity index (χ1) is 6.40. The molecule has 0 radical (unpaired) electrons. The van der Waals surface area contributed by atoms with Crippen molar-refractivity contribution in [1.29, 1.82) is 0 Å². The summed E-state index contributed by atoms with van der Waals surface area (Å²) in [6.45, 7) is 0. The fourth-order valence-electron chi connectivity index (χ4n) is 2.29. The molecule has 72 valence electrons. The molecular formula is C11H18N2. The van der Waals surface area contributed by atoms with E-state index in [1.54, 1.807) is 0 Å².